The molecule has 1 nitrogen and oxygen atoms in total. The molecular weight excluding hydrogens is 529 g/mol. The summed E-state index contributed by atoms with van der Waals surface area (Å²) in [5.41, 5.74) is 8.41. The minimum Gasteiger partial charge on any atom is -0.205 e. The normalized spacial score (nSPS) is 11.2. The highest BCUT2D eigenvalue weighted by molar-refractivity contribution is 7.11. The van der Waals surface area contributed by atoms with Gasteiger partial charge in [0.15, 0.2) is 12.4 Å². The van der Waals surface area contributed by atoms with Crippen molar-refractivity contribution in [3.05, 3.63) is 120 Å². The Morgan fingerprint density at radius 2 is 0.795 bits per heavy atom. The number of hydrogen-bond acceptors (Lipinski definition) is 0. The first-order valence-electron chi connectivity index (χ1n) is 17.8. The van der Waals surface area contributed by atoms with Gasteiger partial charge in [-0.2, -0.15) is 22.7 Å². The quantitative estimate of drug-likeness (QED) is 0.0656. The van der Waals surface area contributed by atoms with Crippen LogP contribution in [0.1, 0.15) is 108 Å². The van der Waals surface area contributed by atoms with Gasteiger partial charge < -0.3 is 0 Å². The van der Waals surface area contributed by atoms with E-state index >= 15 is 0 Å². The third-order valence-electron chi connectivity index (χ3n) is 9.48. The van der Waals surface area contributed by atoms with Crippen LogP contribution in [0.3, 0.4) is 0 Å². The second-order valence-electron chi connectivity index (χ2n) is 13.2. The van der Waals surface area contributed by atoms with Crippen molar-refractivity contribution in [2.45, 2.75) is 125 Å². The molecule has 0 atom stereocenters. The SMILES string of the molecule is CCCCCCCC[B-](c1ccc(C)cc1)(c1ccc(C)cc1)c1ccc(C)cc1.CCCCCCCC[n+]1ccccc1. The molecule has 0 aliphatic heterocycles. The van der Waals surface area contributed by atoms with E-state index in [1.807, 2.05) is 0 Å². The number of rotatable bonds is 17. The standard InChI is InChI=1S/C29H38B.C13H22N/c1-5-6-7-8-9-10-23-30(27-17-11-24(2)12-18-27,28-19-13-25(3)14-20-28)29-21-15-26(4)16-22-29;1-2-3-4-5-6-8-11-14-12-9-7-10-13-14/h11-22H,5-10,23H2,1-4H3;7,9-10,12-13H,2-6,8,11H2,1H3/q-1;+1. The molecule has 0 aliphatic rings. The van der Waals surface area contributed by atoms with Crippen LogP contribution in [0, 0.1) is 20.8 Å². The number of aryl methyl sites for hydroxylation is 4. The molecule has 0 spiro atoms. The number of hydrogen-bond donors (Lipinski definition) is 0. The lowest BCUT2D eigenvalue weighted by atomic mass is 9.14. The van der Waals surface area contributed by atoms with Gasteiger partial charge in [0.2, 0.25) is 0 Å². The largest absolute Gasteiger partial charge is 0.205 e. The van der Waals surface area contributed by atoms with Crippen LogP contribution in [0.25, 0.3) is 0 Å². The van der Waals surface area contributed by atoms with Crippen molar-refractivity contribution >= 4 is 22.5 Å². The molecule has 0 saturated carbocycles. The van der Waals surface area contributed by atoms with Crippen LogP contribution in [-0.4, -0.2) is 6.15 Å². The van der Waals surface area contributed by atoms with Gasteiger partial charge in [-0.15, -0.1) is 0 Å². The number of aromatic nitrogens is 1. The van der Waals surface area contributed by atoms with Crippen LogP contribution in [0.15, 0.2) is 103 Å². The molecule has 1 aromatic heterocycles. The molecular formula is C42H60BN. The second kappa shape index (κ2) is 20.0. The third-order valence-corrected chi connectivity index (χ3v) is 9.48. The zero-order chi connectivity index (χ0) is 31.5. The van der Waals surface area contributed by atoms with Crippen LogP contribution in [0.5, 0.6) is 0 Å². The fourth-order valence-electron chi connectivity index (χ4n) is 6.65. The number of nitrogens with zero attached hydrogens (tertiary/aromatic N) is 1. The molecule has 0 radical (unpaired) electrons. The van der Waals surface area contributed by atoms with E-state index in [0.717, 1.165) is 0 Å². The maximum Gasteiger partial charge on any atom is 0.168 e. The molecule has 4 rings (SSSR count). The van der Waals surface area contributed by atoms with E-state index in [0.29, 0.717) is 0 Å². The molecule has 1 heterocycles. The van der Waals surface area contributed by atoms with E-state index in [2.05, 4.69) is 143 Å². The summed E-state index contributed by atoms with van der Waals surface area (Å²) in [4.78, 5) is 0. The molecule has 0 aliphatic carbocycles. The van der Waals surface area contributed by atoms with Crippen molar-refractivity contribution in [2.75, 3.05) is 0 Å². The molecule has 0 unspecified atom stereocenters. The lowest BCUT2D eigenvalue weighted by Gasteiger charge is -2.43. The summed E-state index contributed by atoms with van der Waals surface area (Å²) in [5.74, 6) is 0. The Morgan fingerprint density at radius 1 is 0.432 bits per heavy atom. The first kappa shape index (κ1) is 35.4. The average Bonchev–Trinajstić information content (AvgIpc) is 3.05. The van der Waals surface area contributed by atoms with E-state index in [9.17, 15) is 0 Å². The molecule has 0 bridgehead atoms. The van der Waals surface area contributed by atoms with E-state index < -0.39 is 6.15 Å². The van der Waals surface area contributed by atoms with Crippen LogP contribution in [0.2, 0.25) is 6.32 Å². The summed E-state index contributed by atoms with van der Waals surface area (Å²) in [6.07, 6.45) is 20.8. The summed E-state index contributed by atoms with van der Waals surface area (Å²) >= 11 is 0. The van der Waals surface area contributed by atoms with E-state index in [-0.39, 0.29) is 0 Å². The number of benzene rings is 3. The maximum absolute atomic E-state index is 2.38. The summed E-state index contributed by atoms with van der Waals surface area (Å²) in [7, 11) is 0. The highest BCUT2D eigenvalue weighted by Gasteiger charge is 2.29. The molecule has 3 aromatic carbocycles. The minimum absolute atomic E-state index is 0.981. The van der Waals surface area contributed by atoms with Gasteiger partial charge in [-0.1, -0.05) is 174 Å². The Balaban J connectivity index is 0.000000317. The van der Waals surface area contributed by atoms with E-state index in [4.69, 9.17) is 0 Å². The van der Waals surface area contributed by atoms with Gasteiger partial charge in [0.25, 0.3) is 0 Å². The van der Waals surface area contributed by atoms with Crippen molar-refractivity contribution in [1.29, 1.82) is 0 Å². The van der Waals surface area contributed by atoms with Crippen molar-refractivity contribution < 1.29 is 4.57 Å². The second-order valence-corrected chi connectivity index (χ2v) is 13.2. The Hall–Kier alpha value is -3.13. The molecule has 0 fully saturated rings. The van der Waals surface area contributed by atoms with Crippen LogP contribution >= 0.6 is 0 Å². The Kier molecular flexibility index (Phi) is 16.1. The van der Waals surface area contributed by atoms with Gasteiger partial charge >= 0.3 is 0 Å². The topological polar surface area (TPSA) is 3.88 Å². The Labute approximate surface area is 271 Å². The Morgan fingerprint density at radius 3 is 1.20 bits per heavy atom. The van der Waals surface area contributed by atoms with E-state index in [1.54, 1.807) is 0 Å². The number of unbranched alkanes of at least 4 members (excludes halogenated alkanes) is 10. The first-order chi connectivity index (χ1) is 21.5. The monoisotopic (exact) mass is 589 g/mol. The predicted octanol–water partition coefficient (Wildman–Crippen LogP) is 9.78. The molecule has 2 heteroatoms. The van der Waals surface area contributed by atoms with Gasteiger partial charge in [-0.3, -0.25) is 0 Å². The molecule has 0 N–H and O–H groups in total. The van der Waals surface area contributed by atoms with Gasteiger partial charge in [0, 0.05) is 18.6 Å². The predicted molar refractivity (Wildman–Crippen MR) is 196 cm³/mol. The van der Waals surface area contributed by atoms with Gasteiger partial charge in [-0.25, -0.2) is 4.57 Å². The van der Waals surface area contributed by atoms with Crippen molar-refractivity contribution in [3.63, 3.8) is 0 Å². The molecule has 44 heavy (non-hydrogen) atoms. The highest BCUT2D eigenvalue weighted by Crippen LogP contribution is 2.19. The fraction of sp³-hybridized carbons (Fsp3) is 0.452. The molecule has 0 amide bonds. The smallest absolute Gasteiger partial charge is 0.168 e. The molecule has 4 aromatic rings. The van der Waals surface area contributed by atoms with Gasteiger partial charge in [0.05, 0.1) is 6.15 Å². The van der Waals surface area contributed by atoms with Crippen molar-refractivity contribution in [2.24, 2.45) is 0 Å². The van der Waals surface area contributed by atoms with Gasteiger partial charge in [-0.05, 0) is 27.2 Å². The van der Waals surface area contributed by atoms with E-state index in [1.165, 1.54) is 123 Å². The van der Waals surface area contributed by atoms with Crippen molar-refractivity contribution in [1.82, 2.24) is 0 Å². The first-order valence-corrected chi connectivity index (χ1v) is 17.8. The highest BCUT2D eigenvalue weighted by atomic mass is 14.9. The summed E-state index contributed by atoms with van der Waals surface area (Å²) in [5, 5.41) is 0. The van der Waals surface area contributed by atoms with Crippen LogP contribution < -0.4 is 21.0 Å². The third kappa shape index (κ3) is 11.4. The Bertz CT molecular complexity index is 1170. The zero-order valence-electron chi connectivity index (χ0n) is 28.7. The molecule has 236 valence electrons. The lowest BCUT2D eigenvalue weighted by molar-refractivity contribution is -0.697. The van der Waals surface area contributed by atoms with Crippen molar-refractivity contribution in [3.8, 4) is 0 Å². The summed E-state index contributed by atoms with van der Waals surface area (Å²) in [6.45, 7) is 12.3. The summed E-state index contributed by atoms with van der Waals surface area (Å²) < 4.78 is 2.26. The molecule has 0 saturated heterocycles. The lowest BCUT2D eigenvalue weighted by Crippen LogP contribution is -2.67. The van der Waals surface area contributed by atoms with Gasteiger partial charge in [0.1, 0.15) is 6.54 Å². The average molecular weight is 590 g/mol. The number of pyridine rings is 1. The van der Waals surface area contributed by atoms with Crippen LogP contribution in [0.4, 0.5) is 0 Å². The zero-order valence-corrected chi connectivity index (χ0v) is 28.7. The van der Waals surface area contributed by atoms with Crippen LogP contribution in [-0.2, 0) is 6.54 Å². The minimum atomic E-state index is -0.981. The summed E-state index contributed by atoms with van der Waals surface area (Å²) in [6, 6.07) is 34.3. The maximum atomic E-state index is 2.38. The fourth-order valence-corrected chi connectivity index (χ4v) is 6.65.